The van der Waals surface area contributed by atoms with E-state index in [2.05, 4.69) is 5.32 Å². The first kappa shape index (κ1) is 20.6. The van der Waals surface area contributed by atoms with E-state index in [1.165, 1.54) is 0 Å². The maximum atomic E-state index is 12.2. The van der Waals surface area contributed by atoms with Gasteiger partial charge in [-0.3, -0.25) is 4.79 Å². The van der Waals surface area contributed by atoms with E-state index in [1.807, 2.05) is 72.8 Å². The molecule has 1 amide bonds. The quantitative estimate of drug-likeness (QED) is 0.447. The van der Waals surface area contributed by atoms with Crippen molar-refractivity contribution in [3.8, 4) is 0 Å². The molecule has 0 radical (unpaired) electrons. The van der Waals surface area contributed by atoms with Gasteiger partial charge in [-0.25, -0.2) is 0 Å². The van der Waals surface area contributed by atoms with E-state index in [4.69, 9.17) is 34.8 Å². The molecule has 1 aliphatic rings. The maximum absolute atomic E-state index is 12.2. The molecular weight excluding hydrogens is 445 g/mol. The van der Waals surface area contributed by atoms with Crippen LogP contribution in [0.2, 0.25) is 15.1 Å². The molecule has 1 N–H and O–H groups in total. The van der Waals surface area contributed by atoms with Crippen molar-refractivity contribution in [2.75, 3.05) is 5.75 Å². The molecule has 1 aliphatic heterocycles. The van der Waals surface area contributed by atoms with Crippen LogP contribution in [0, 0.1) is 0 Å². The predicted molar refractivity (Wildman–Crippen MR) is 123 cm³/mol. The minimum Gasteiger partial charge on any atom is -0.337 e. The first-order valence-corrected chi connectivity index (χ1v) is 11.3. The van der Waals surface area contributed by atoms with Gasteiger partial charge in [0, 0.05) is 21.0 Å². The summed E-state index contributed by atoms with van der Waals surface area (Å²) in [7, 11) is 0. The second-order valence-corrected chi connectivity index (χ2v) is 9.61. The zero-order chi connectivity index (χ0) is 20.4. The molecule has 0 spiro atoms. The number of rotatable bonds is 5. The molecule has 1 saturated heterocycles. The fourth-order valence-corrected chi connectivity index (χ4v) is 5.30. The summed E-state index contributed by atoms with van der Waals surface area (Å²) in [5.41, 5.74) is 3.30. The molecule has 2 nitrogen and oxygen atoms in total. The lowest BCUT2D eigenvalue weighted by molar-refractivity contribution is -0.118. The Labute approximate surface area is 189 Å². The van der Waals surface area contributed by atoms with Crippen molar-refractivity contribution < 1.29 is 4.79 Å². The molecule has 4 rings (SSSR count). The molecule has 1 heterocycles. The number of amides is 1. The molecular formula is C23H18Cl3NOS. The number of hydrogen-bond acceptors (Lipinski definition) is 2. The minimum absolute atomic E-state index is 0.0379. The molecule has 148 valence electrons. The molecule has 3 aromatic carbocycles. The van der Waals surface area contributed by atoms with Crippen molar-refractivity contribution in [3.63, 3.8) is 0 Å². The van der Waals surface area contributed by atoms with Gasteiger partial charge in [0.05, 0.1) is 5.75 Å². The monoisotopic (exact) mass is 461 g/mol. The molecule has 1 fully saturated rings. The van der Waals surface area contributed by atoms with Crippen LogP contribution in [-0.2, 0) is 9.67 Å². The number of thioether (sulfide) groups is 1. The van der Waals surface area contributed by atoms with E-state index in [1.54, 1.807) is 11.8 Å². The Morgan fingerprint density at radius 3 is 1.66 bits per heavy atom. The Morgan fingerprint density at radius 2 is 1.24 bits per heavy atom. The van der Waals surface area contributed by atoms with E-state index in [0.29, 0.717) is 27.2 Å². The average Bonchev–Trinajstić information content (AvgIpc) is 3.10. The van der Waals surface area contributed by atoms with E-state index < -0.39 is 4.87 Å². The van der Waals surface area contributed by atoms with Crippen molar-refractivity contribution >= 4 is 52.5 Å². The lowest BCUT2D eigenvalue weighted by atomic mass is 9.83. The van der Waals surface area contributed by atoms with Gasteiger partial charge in [0.15, 0.2) is 0 Å². The lowest BCUT2D eigenvalue weighted by Gasteiger charge is -2.33. The molecule has 29 heavy (non-hydrogen) atoms. The van der Waals surface area contributed by atoms with Crippen LogP contribution < -0.4 is 5.32 Å². The fraction of sp³-hybridized carbons (Fsp3) is 0.174. The van der Waals surface area contributed by atoms with Gasteiger partial charge in [-0.1, -0.05) is 71.2 Å². The molecule has 3 aromatic rings. The summed E-state index contributed by atoms with van der Waals surface area (Å²) in [4.78, 5) is 11.7. The largest absolute Gasteiger partial charge is 0.337 e. The molecule has 0 aliphatic carbocycles. The standard InChI is InChI=1S/C23H18Cl3NOS/c24-18-7-1-15(2-8-18)21(16-3-9-19(25)10-4-16)13-23(27-22(28)14-29-23)17-5-11-20(26)12-6-17/h1-12,21H,13-14H2,(H,27,28)/t23-/m0/s1. The van der Waals surface area contributed by atoms with E-state index in [9.17, 15) is 4.79 Å². The zero-order valence-corrected chi connectivity index (χ0v) is 18.5. The Kier molecular flexibility index (Phi) is 6.12. The first-order valence-electron chi connectivity index (χ1n) is 9.17. The topological polar surface area (TPSA) is 29.1 Å². The highest BCUT2D eigenvalue weighted by Crippen LogP contribution is 2.47. The van der Waals surface area contributed by atoms with Gasteiger partial charge in [0.1, 0.15) is 4.87 Å². The first-order chi connectivity index (χ1) is 13.9. The Bertz CT molecular complexity index is 960. The van der Waals surface area contributed by atoms with Crippen LogP contribution >= 0.6 is 46.6 Å². The van der Waals surface area contributed by atoms with Crippen molar-refractivity contribution in [1.82, 2.24) is 5.32 Å². The third-order valence-corrected chi connectivity index (χ3v) is 7.30. The van der Waals surface area contributed by atoms with E-state index >= 15 is 0 Å². The highest BCUT2D eigenvalue weighted by Gasteiger charge is 2.42. The molecule has 6 heteroatoms. The highest BCUT2D eigenvalue weighted by atomic mass is 35.5. The average molecular weight is 463 g/mol. The summed E-state index contributed by atoms with van der Waals surface area (Å²) in [6.07, 6.45) is 0.689. The van der Waals surface area contributed by atoms with E-state index in [0.717, 1.165) is 16.7 Å². The van der Waals surface area contributed by atoms with Gasteiger partial charge in [-0.05, 0) is 59.5 Å². The highest BCUT2D eigenvalue weighted by molar-refractivity contribution is 8.01. The van der Waals surface area contributed by atoms with Crippen LogP contribution in [0.25, 0.3) is 0 Å². The SMILES string of the molecule is O=C1CS[C@@](CC(c2ccc(Cl)cc2)c2ccc(Cl)cc2)(c2ccc(Cl)cc2)N1. The summed E-state index contributed by atoms with van der Waals surface area (Å²) >= 11 is 20.0. The van der Waals surface area contributed by atoms with Crippen molar-refractivity contribution in [2.24, 2.45) is 0 Å². The third-order valence-electron chi connectivity index (χ3n) is 5.14. The number of carbonyl (C=O) groups is 1. The van der Waals surface area contributed by atoms with Crippen molar-refractivity contribution in [3.05, 3.63) is 105 Å². The second-order valence-electron chi connectivity index (χ2n) is 7.03. The lowest BCUT2D eigenvalue weighted by Crippen LogP contribution is -2.38. The second kappa shape index (κ2) is 8.61. The predicted octanol–water partition coefficient (Wildman–Crippen LogP) is 6.88. The van der Waals surface area contributed by atoms with Gasteiger partial charge in [0.2, 0.25) is 5.91 Å². The zero-order valence-electron chi connectivity index (χ0n) is 15.4. The fourth-order valence-electron chi connectivity index (χ4n) is 3.69. The Morgan fingerprint density at radius 1 is 0.793 bits per heavy atom. The molecule has 0 saturated carbocycles. The maximum Gasteiger partial charge on any atom is 0.231 e. The Balaban J connectivity index is 1.78. The molecule has 0 bridgehead atoms. The van der Waals surface area contributed by atoms with E-state index in [-0.39, 0.29) is 11.8 Å². The van der Waals surface area contributed by atoms with Gasteiger partial charge in [-0.2, -0.15) is 0 Å². The number of hydrogen-bond donors (Lipinski definition) is 1. The van der Waals surface area contributed by atoms with Crippen LogP contribution in [0.15, 0.2) is 72.8 Å². The van der Waals surface area contributed by atoms with Crippen molar-refractivity contribution in [1.29, 1.82) is 0 Å². The normalized spacial score (nSPS) is 18.8. The third kappa shape index (κ3) is 4.59. The van der Waals surface area contributed by atoms with Gasteiger partial charge >= 0.3 is 0 Å². The summed E-state index contributed by atoms with van der Waals surface area (Å²) < 4.78 is 0. The van der Waals surface area contributed by atoms with Crippen LogP contribution in [0.5, 0.6) is 0 Å². The molecule has 0 aromatic heterocycles. The molecule has 1 atom stereocenters. The smallest absolute Gasteiger partial charge is 0.231 e. The summed E-state index contributed by atoms with van der Waals surface area (Å²) in [5.74, 6) is 0.512. The number of carbonyl (C=O) groups excluding carboxylic acids is 1. The summed E-state index contributed by atoms with van der Waals surface area (Å²) in [6, 6.07) is 23.5. The number of benzene rings is 3. The Hall–Kier alpha value is -1.65. The van der Waals surface area contributed by atoms with Gasteiger partial charge in [-0.15, -0.1) is 11.8 Å². The summed E-state index contributed by atoms with van der Waals surface area (Å²) in [5, 5.41) is 5.28. The van der Waals surface area contributed by atoms with Gasteiger partial charge < -0.3 is 5.32 Å². The van der Waals surface area contributed by atoms with Crippen molar-refractivity contribution in [2.45, 2.75) is 17.2 Å². The van der Waals surface area contributed by atoms with Gasteiger partial charge in [0.25, 0.3) is 0 Å². The van der Waals surface area contributed by atoms with Crippen LogP contribution in [0.1, 0.15) is 29.0 Å². The van der Waals surface area contributed by atoms with Crippen LogP contribution in [0.3, 0.4) is 0 Å². The van der Waals surface area contributed by atoms with Crippen LogP contribution in [0.4, 0.5) is 0 Å². The van der Waals surface area contributed by atoms with Crippen LogP contribution in [-0.4, -0.2) is 11.7 Å². The molecule has 0 unspecified atom stereocenters. The number of nitrogens with one attached hydrogen (secondary N) is 1. The summed E-state index contributed by atoms with van der Waals surface area (Å²) in [6.45, 7) is 0. The number of halogens is 3. The minimum atomic E-state index is -0.536.